The highest BCUT2D eigenvalue weighted by Crippen LogP contribution is 2.47. The molecule has 0 aromatic heterocycles. The Morgan fingerprint density at radius 1 is 1.42 bits per heavy atom. The number of hydrogen-bond donors (Lipinski definition) is 1. The first kappa shape index (κ1) is 13.4. The number of ether oxygens (including phenoxy) is 2. The van der Waals surface area contributed by atoms with Gasteiger partial charge in [0.15, 0.2) is 0 Å². The van der Waals surface area contributed by atoms with E-state index >= 15 is 0 Å². The number of aliphatic hydroxyl groups is 1. The van der Waals surface area contributed by atoms with Gasteiger partial charge in [-0.25, -0.2) is 0 Å². The fraction of sp³-hybridized carbons (Fsp3) is 0.600. The SMILES string of the molecule is COC1CCCCC12C[C@H](O)c1cc(Br)ccc1O2. The molecular weight excluding hydrogens is 308 g/mol. The largest absolute Gasteiger partial charge is 0.484 e. The van der Waals surface area contributed by atoms with Gasteiger partial charge >= 0.3 is 0 Å². The average Bonchev–Trinajstić information content (AvgIpc) is 2.40. The number of rotatable bonds is 1. The first-order chi connectivity index (χ1) is 9.14. The van der Waals surface area contributed by atoms with Crippen LogP contribution in [0.25, 0.3) is 0 Å². The van der Waals surface area contributed by atoms with Crippen LogP contribution in [0, 0.1) is 0 Å². The lowest BCUT2D eigenvalue weighted by Crippen LogP contribution is -2.53. The van der Waals surface area contributed by atoms with E-state index in [-0.39, 0.29) is 11.7 Å². The van der Waals surface area contributed by atoms with Crippen LogP contribution in [0.4, 0.5) is 0 Å². The van der Waals surface area contributed by atoms with E-state index in [4.69, 9.17) is 9.47 Å². The summed E-state index contributed by atoms with van der Waals surface area (Å²) < 4.78 is 12.9. The molecule has 2 unspecified atom stereocenters. The first-order valence-corrected chi connectivity index (χ1v) is 7.63. The normalized spacial score (nSPS) is 33.8. The zero-order chi connectivity index (χ0) is 13.5. The van der Waals surface area contributed by atoms with Crippen molar-refractivity contribution in [3.8, 4) is 5.75 Å². The summed E-state index contributed by atoms with van der Waals surface area (Å²) in [5.74, 6) is 0.797. The third-order valence-corrected chi connectivity index (χ3v) is 4.86. The highest BCUT2D eigenvalue weighted by molar-refractivity contribution is 9.10. The van der Waals surface area contributed by atoms with Gasteiger partial charge in [0, 0.05) is 23.6 Å². The molecule has 1 fully saturated rings. The Labute approximate surface area is 122 Å². The molecule has 3 rings (SSSR count). The summed E-state index contributed by atoms with van der Waals surface area (Å²) in [5, 5.41) is 10.5. The van der Waals surface area contributed by atoms with Gasteiger partial charge in [-0.05, 0) is 37.5 Å². The molecule has 1 heterocycles. The summed E-state index contributed by atoms with van der Waals surface area (Å²) in [4.78, 5) is 0. The first-order valence-electron chi connectivity index (χ1n) is 6.84. The second kappa shape index (κ2) is 5.08. The fourth-order valence-electron chi connectivity index (χ4n) is 3.43. The molecule has 2 aliphatic rings. The summed E-state index contributed by atoms with van der Waals surface area (Å²) in [7, 11) is 1.74. The minimum Gasteiger partial charge on any atom is -0.484 e. The lowest BCUT2D eigenvalue weighted by atomic mass is 9.75. The van der Waals surface area contributed by atoms with Crippen LogP contribution < -0.4 is 4.74 Å². The Bertz CT molecular complexity index is 476. The van der Waals surface area contributed by atoms with Gasteiger partial charge in [0.05, 0.1) is 12.2 Å². The van der Waals surface area contributed by atoms with Crippen LogP contribution in [0.15, 0.2) is 22.7 Å². The summed E-state index contributed by atoms with van der Waals surface area (Å²) in [6.07, 6.45) is 4.50. The quantitative estimate of drug-likeness (QED) is 0.857. The number of aliphatic hydroxyl groups excluding tert-OH is 1. The molecule has 1 aromatic carbocycles. The molecule has 0 bridgehead atoms. The minimum absolute atomic E-state index is 0.0766. The van der Waals surface area contributed by atoms with Crippen molar-refractivity contribution >= 4 is 15.9 Å². The predicted molar refractivity (Wildman–Crippen MR) is 76.3 cm³/mol. The van der Waals surface area contributed by atoms with Crippen LogP contribution in [-0.4, -0.2) is 23.9 Å². The fourth-order valence-corrected chi connectivity index (χ4v) is 3.81. The van der Waals surface area contributed by atoms with Gasteiger partial charge in [-0.2, -0.15) is 0 Å². The Balaban J connectivity index is 1.97. The van der Waals surface area contributed by atoms with E-state index < -0.39 is 6.10 Å². The van der Waals surface area contributed by atoms with E-state index in [1.807, 2.05) is 18.2 Å². The zero-order valence-corrected chi connectivity index (χ0v) is 12.6. The molecule has 1 spiro atoms. The second-order valence-electron chi connectivity index (χ2n) is 5.54. The molecule has 1 aliphatic heterocycles. The topological polar surface area (TPSA) is 38.7 Å². The maximum absolute atomic E-state index is 10.5. The monoisotopic (exact) mass is 326 g/mol. The van der Waals surface area contributed by atoms with Crippen molar-refractivity contribution in [3.05, 3.63) is 28.2 Å². The lowest BCUT2D eigenvalue weighted by Gasteiger charge is -2.47. The van der Waals surface area contributed by atoms with Gasteiger partial charge in [0.2, 0.25) is 0 Å². The summed E-state index contributed by atoms with van der Waals surface area (Å²) in [5.41, 5.74) is 0.521. The van der Waals surface area contributed by atoms with Gasteiger partial charge < -0.3 is 14.6 Å². The van der Waals surface area contributed by atoms with Gasteiger partial charge in [-0.1, -0.05) is 22.4 Å². The van der Waals surface area contributed by atoms with Crippen LogP contribution in [0.3, 0.4) is 0 Å². The molecule has 0 saturated heterocycles. The number of methoxy groups -OCH3 is 1. The van der Waals surface area contributed by atoms with Crippen LogP contribution in [0.5, 0.6) is 5.75 Å². The second-order valence-corrected chi connectivity index (χ2v) is 6.45. The van der Waals surface area contributed by atoms with Crippen LogP contribution in [0.2, 0.25) is 0 Å². The van der Waals surface area contributed by atoms with Crippen molar-refractivity contribution in [2.75, 3.05) is 7.11 Å². The van der Waals surface area contributed by atoms with Crippen molar-refractivity contribution < 1.29 is 14.6 Å². The van der Waals surface area contributed by atoms with Gasteiger partial charge in [-0.3, -0.25) is 0 Å². The van der Waals surface area contributed by atoms with Crippen molar-refractivity contribution in [3.63, 3.8) is 0 Å². The molecule has 0 radical (unpaired) electrons. The van der Waals surface area contributed by atoms with Crippen molar-refractivity contribution in [1.29, 1.82) is 0 Å². The van der Waals surface area contributed by atoms with E-state index in [0.29, 0.717) is 6.42 Å². The molecule has 3 atom stereocenters. The minimum atomic E-state index is -0.475. The van der Waals surface area contributed by atoms with E-state index in [2.05, 4.69) is 15.9 Å². The molecule has 3 nitrogen and oxygen atoms in total. The number of benzene rings is 1. The van der Waals surface area contributed by atoms with E-state index in [1.165, 1.54) is 6.42 Å². The molecule has 1 saturated carbocycles. The van der Waals surface area contributed by atoms with Gasteiger partial charge in [0.25, 0.3) is 0 Å². The van der Waals surface area contributed by atoms with Crippen LogP contribution in [0.1, 0.15) is 43.8 Å². The van der Waals surface area contributed by atoms with E-state index in [9.17, 15) is 5.11 Å². The molecule has 1 aliphatic carbocycles. The van der Waals surface area contributed by atoms with Crippen LogP contribution >= 0.6 is 15.9 Å². The van der Waals surface area contributed by atoms with E-state index in [0.717, 1.165) is 35.0 Å². The summed E-state index contributed by atoms with van der Waals surface area (Å²) in [6, 6.07) is 5.83. The Hall–Kier alpha value is -0.580. The summed E-state index contributed by atoms with van der Waals surface area (Å²) >= 11 is 3.44. The van der Waals surface area contributed by atoms with Crippen molar-refractivity contribution in [2.45, 2.75) is 49.9 Å². The molecule has 4 heteroatoms. The third-order valence-electron chi connectivity index (χ3n) is 4.37. The number of halogens is 1. The average molecular weight is 327 g/mol. The van der Waals surface area contributed by atoms with Crippen LogP contribution in [-0.2, 0) is 4.74 Å². The third kappa shape index (κ3) is 2.30. The Morgan fingerprint density at radius 2 is 2.26 bits per heavy atom. The molecule has 104 valence electrons. The van der Waals surface area contributed by atoms with Gasteiger partial charge in [-0.15, -0.1) is 0 Å². The predicted octanol–water partition coefficient (Wildman–Crippen LogP) is 3.59. The maximum Gasteiger partial charge on any atom is 0.138 e. The zero-order valence-electron chi connectivity index (χ0n) is 11.1. The Kier molecular flexibility index (Phi) is 3.58. The van der Waals surface area contributed by atoms with E-state index in [1.54, 1.807) is 7.11 Å². The van der Waals surface area contributed by atoms with Gasteiger partial charge in [0.1, 0.15) is 11.4 Å². The number of hydrogen-bond acceptors (Lipinski definition) is 3. The lowest BCUT2D eigenvalue weighted by molar-refractivity contribution is -0.130. The standard InChI is InChI=1S/C15H19BrO3/c1-18-14-4-2-3-7-15(14)9-12(17)11-8-10(16)5-6-13(11)19-15/h5-6,8,12,14,17H,2-4,7,9H2,1H3/t12-,14?,15?/m0/s1. The molecule has 1 N–H and O–H groups in total. The Morgan fingerprint density at radius 3 is 3.05 bits per heavy atom. The maximum atomic E-state index is 10.5. The molecule has 1 aromatic rings. The van der Waals surface area contributed by atoms with Crippen molar-refractivity contribution in [2.24, 2.45) is 0 Å². The molecular formula is C15H19BrO3. The smallest absolute Gasteiger partial charge is 0.138 e. The highest BCUT2D eigenvalue weighted by atomic mass is 79.9. The molecule has 19 heavy (non-hydrogen) atoms. The number of fused-ring (bicyclic) bond motifs is 1. The molecule has 0 amide bonds. The highest BCUT2D eigenvalue weighted by Gasteiger charge is 2.48. The summed E-state index contributed by atoms with van der Waals surface area (Å²) in [6.45, 7) is 0. The van der Waals surface area contributed by atoms with Crippen molar-refractivity contribution in [1.82, 2.24) is 0 Å².